The van der Waals surface area contributed by atoms with Crippen LogP contribution in [0.15, 0.2) is 36.9 Å². The Hall–Kier alpha value is -5.04. The number of nitrogens with one attached hydrogen (secondary N) is 1. The molecule has 0 radical (unpaired) electrons. The van der Waals surface area contributed by atoms with Gasteiger partial charge in [-0.2, -0.15) is 0 Å². The second-order valence-electron chi connectivity index (χ2n) is 12.0. The van der Waals surface area contributed by atoms with E-state index in [-0.39, 0.29) is 72.0 Å². The van der Waals surface area contributed by atoms with Gasteiger partial charge in [0.05, 0.1) is 35.6 Å². The van der Waals surface area contributed by atoms with Crippen molar-refractivity contribution in [3.8, 4) is 0 Å². The van der Waals surface area contributed by atoms with Crippen molar-refractivity contribution in [2.45, 2.75) is 52.4 Å². The van der Waals surface area contributed by atoms with Gasteiger partial charge in [-0.05, 0) is 30.2 Å². The van der Waals surface area contributed by atoms with Gasteiger partial charge in [-0.15, -0.1) is 0 Å². The number of ketones is 6. The van der Waals surface area contributed by atoms with Crippen molar-refractivity contribution in [1.82, 2.24) is 33.6 Å². The lowest BCUT2D eigenvalue weighted by Gasteiger charge is -2.02. The molecule has 0 saturated heterocycles. The van der Waals surface area contributed by atoms with Crippen LogP contribution < -0.4 is 5.32 Å². The average molecular weight is 644 g/mol. The maximum absolute atomic E-state index is 13.2. The Morgan fingerprint density at radius 3 is 1.64 bits per heavy atom. The Morgan fingerprint density at radius 1 is 0.596 bits per heavy atom. The highest BCUT2D eigenvalue weighted by Gasteiger charge is 2.22. The van der Waals surface area contributed by atoms with Gasteiger partial charge >= 0.3 is 0 Å². The molecule has 0 amide bonds. The molecule has 13 heteroatoms. The zero-order chi connectivity index (χ0) is 34.4. The van der Waals surface area contributed by atoms with Gasteiger partial charge in [0.15, 0.2) is 23.2 Å². The molecule has 13 nitrogen and oxygen atoms in total. The number of hydrogen-bond donors (Lipinski definition) is 1. The number of nitrogens with zero attached hydrogens (tertiary/aromatic N) is 6. The monoisotopic (exact) mass is 643 g/mol. The van der Waals surface area contributed by atoms with Crippen LogP contribution in [0.1, 0.15) is 91.4 Å². The number of hydrogen-bond acceptors (Lipinski definition) is 9. The molecule has 0 spiro atoms. The topological polar surface area (TPSA) is 160 Å². The Morgan fingerprint density at radius 2 is 1.09 bits per heavy atom. The molecule has 4 heterocycles. The summed E-state index contributed by atoms with van der Waals surface area (Å²) in [6, 6.07) is 3.41. The lowest BCUT2D eigenvalue weighted by molar-refractivity contribution is -0.118. The summed E-state index contributed by atoms with van der Waals surface area (Å²) in [5, 5.41) is 3.07. The van der Waals surface area contributed by atoms with Gasteiger partial charge in [0, 0.05) is 98.7 Å². The molecular formula is C34H41N7O6. The Balaban J connectivity index is 1.34. The Bertz CT molecular complexity index is 1850. The molecule has 0 fully saturated rings. The van der Waals surface area contributed by atoms with E-state index >= 15 is 0 Å². The van der Waals surface area contributed by atoms with E-state index < -0.39 is 0 Å². The van der Waals surface area contributed by atoms with Crippen LogP contribution in [0.4, 0.5) is 0 Å². The first-order valence-corrected chi connectivity index (χ1v) is 15.4. The van der Waals surface area contributed by atoms with Crippen LogP contribution in [0.5, 0.6) is 0 Å². The smallest absolute Gasteiger partial charge is 0.204 e. The second-order valence-corrected chi connectivity index (χ2v) is 12.0. The molecule has 4 aromatic rings. The summed E-state index contributed by atoms with van der Waals surface area (Å²) in [5.41, 5.74) is 3.27. The third-order valence-electron chi connectivity index (χ3n) is 7.80. The van der Waals surface area contributed by atoms with Crippen molar-refractivity contribution in [2.75, 3.05) is 13.1 Å². The third-order valence-corrected chi connectivity index (χ3v) is 7.80. The lowest BCUT2D eigenvalue weighted by Crippen LogP contribution is -2.21. The molecular weight excluding hydrogens is 602 g/mol. The zero-order valence-electron chi connectivity index (χ0n) is 27.8. The van der Waals surface area contributed by atoms with Crippen molar-refractivity contribution >= 4 is 34.7 Å². The first-order chi connectivity index (χ1) is 22.2. The van der Waals surface area contributed by atoms with Crippen molar-refractivity contribution in [2.24, 2.45) is 28.2 Å². The first-order valence-electron chi connectivity index (χ1n) is 15.4. The van der Waals surface area contributed by atoms with E-state index in [9.17, 15) is 28.8 Å². The summed E-state index contributed by atoms with van der Waals surface area (Å²) >= 11 is 0. The number of aromatic nitrogens is 6. The number of carbonyl (C=O) groups excluding carboxylic acids is 6. The van der Waals surface area contributed by atoms with Gasteiger partial charge in [0.2, 0.25) is 11.6 Å². The minimum atomic E-state index is -0.297. The number of Topliss-reactive ketones (excluding diaryl/α,β-unsaturated/α-hetero) is 6. The first kappa shape index (κ1) is 34.8. The number of aryl methyl sites for hydroxylation is 4. The Kier molecular flexibility index (Phi) is 11.1. The minimum Gasteiger partial charge on any atom is -0.348 e. The van der Waals surface area contributed by atoms with Crippen molar-refractivity contribution in [1.29, 1.82) is 0 Å². The fourth-order valence-corrected chi connectivity index (χ4v) is 5.52. The van der Waals surface area contributed by atoms with Gasteiger partial charge in [0.1, 0.15) is 11.6 Å². The standard InChI is InChI=1S/C34H41N7O6/c1-21(42)7-9-35-10-8-27(44)15-25-19-40(5)34(36-25)32(47)16-26-20-41(6)33(37-26)31(46)14-24-12-29(39(4)18-24)30(45)13-23-11-28(22(2)43)38(3)17-23/h11-12,17-20,35H,7-10,13-16H2,1-6H3. The van der Waals surface area contributed by atoms with Crippen molar-refractivity contribution in [3.05, 3.63) is 82.5 Å². The molecule has 0 unspecified atom stereocenters. The average Bonchev–Trinajstić information content (AvgIpc) is 3.73. The highest BCUT2D eigenvalue weighted by atomic mass is 16.1. The molecule has 1 N–H and O–H groups in total. The predicted molar refractivity (Wildman–Crippen MR) is 173 cm³/mol. The summed E-state index contributed by atoms with van der Waals surface area (Å²) in [7, 11) is 6.88. The fraction of sp³-hybridized carbons (Fsp3) is 0.412. The van der Waals surface area contributed by atoms with E-state index in [2.05, 4.69) is 15.3 Å². The van der Waals surface area contributed by atoms with Gasteiger partial charge in [-0.1, -0.05) is 0 Å². The summed E-state index contributed by atoms with van der Waals surface area (Å²) in [6.07, 6.45) is 7.66. The van der Waals surface area contributed by atoms with Crippen molar-refractivity contribution in [3.63, 3.8) is 0 Å². The zero-order valence-corrected chi connectivity index (χ0v) is 27.8. The van der Waals surface area contributed by atoms with Crippen LogP contribution in [0.3, 0.4) is 0 Å². The van der Waals surface area contributed by atoms with E-state index in [1.807, 2.05) is 0 Å². The van der Waals surface area contributed by atoms with Gasteiger partial charge < -0.3 is 23.6 Å². The maximum atomic E-state index is 13.2. The third kappa shape index (κ3) is 9.03. The molecule has 0 bridgehead atoms. The minimum absolute atomic E-state index is 0.0161. The fourth-order valence-electron chi connectivity index (χ4n) is 5.52. The van der Waals surface area contributed by atoms with E-state index in [0.29, 0.717) is 54.3 Å². The van der Waals surface area contributed by atoms with Gasteiger partial charge in [-0.25, -0.2) is 9.97 Å². The summed E-state index contributed by atoms with van der Waals surface area (Å²) < 4.78 is 6.55. The van der Waals surface area contributed by atoms with E-state index in [4.69, 9.17) is 0 Å². The molecule has 4 rings (SSSR count). The van der Waals surface area contributed by atoms with E-state index in [0.717, 1.165) is 5.56 Å². The summed E-state index contributed by atoms with van der Waals surface area (Å²) in [6.45, 7) is 4.00. The van der Waals surface area contributed by atoms with Crippen LogP contribution in [0.2, 0.25) is 0 Å². The number of carbonyl (C=O) groups is 6. The molecule has 0 saturated carbocycles. The van der Waals surface area contributed by atoms with Gasteiger partial charge in [-0.3, -0.25) is 28.8 Å². The quantitative estimate of drug-likeness (QED) is 0.127. The van der Waals surface area contributed by atoms with Crippen molar-refractivity contribution < 1.29 is 28.8 Å². The summed E-state index contributed by atoms with van der Waals surface area (Å²) in [5.74, 6) is -0.331. The second kappa shape index (κ2) is 15.0. The molecule has 248 valence electrons. The number of imidazole rings is 2. The molecule has 4 aromatic heterocycles. The molecule has 47 heavy (non-hydrogen) atoms. The maximum Gasteiger partial charge on any atom is 0.204 e. The number of rotatable bonds is 18. The van der Waals surface area contributed by atoms with Crippen LogP contribution in [0, 0.1) is 0 Å². The SMILES string of the molecule is CC(=O)CCNCCC(=O)Cc1cn(C)c(C(=O)Cc2cn(C)c(C(=O)Cc3cc(C(=O)Cc4cc(C(C)=O)n(C)c4)n(C)c3)n2)n1. The van der Waals surface area contributed by atoms with E-state index in [1.54, 1.807) is 83.4 Å². The predicted octanol–water partition coefficient (Wildman–Crippen LogP) is 2.38. The highest BCUT2D eigenvalue weighted by Crippen LogP contribution is 2.17. The molecule has 0 atom stereocenters. The van der Waals surface area contributed by atoms with Crippen LogP contribution in [-0.4, -0.2) is 76.0 Å². The molecule has 0 aliphatic rings. The van der Waals surface area contributed by atoms with Gasteiger partial charge in [0.25, 0.3) is 0 Å². The highest BCUT2D eigenvalue weighted by molar-refractivity contribution is 5.99. The lowest BCUT2D eigenvalue weighted by atomic mass is 10.1. The molecule has 0 aliphatic carbocycles. The summed E-state index contributed by atoms with van der Waals surface area (Å²) in [4.78, 5) is 83.3. The molecule has 0 aliphatic heterocycles. The van der Waals surface area contributed by atoms with Crippen LogP contribution in [0.25, 0.3) is 0 Å². The largest absolute Gasteiger partial charge is 0.348 e. The molecule has 0 aromatic carbocycles. The Labute approximate surface area is 273 Å². The normalized spacial score (nSPS) is 11.2. The van der Waals surface area contributed by atoms with Crippen LogP contribution in [-0.2, 0) is 63.5 Å². The van der Waals surface area contributed by atoms with Crippen LogP contribution >= 0.6 is 0 Å². The van der Waals surface area contributed by atoms with E-state index in [1.165, 1.54) is 13.8 Å².